The average molecular weight is 289 g/mol. The lowest BCUT2D eigenvalue weighted by Crippen LogP contribution is -2.20. The number of nitrogens with one attached hydrogen (secondary N) is 1. The van der Waals surface area contributed by atoms with Gasteiger partial charge in [0.2, 0.25) is 0 Å². The van der Waals surface area contributed by atoms with E-state index in [1.807, 2.05) is 49.1 Å². The quantitative estimate of drug-likeness (QED) is 0.758. The van der Waals surface area contributed by atoms with E-state index in [4.69, 9.17) is 9.47 Å². The van der Waals surface area contributed by atoms with E-state index in [0.717, 1.165) is 36.7 Å². The smallest absolute Gasteiger partial charge is 0.165 e. The Morgan fingerprint density at radius 1 is 1.33 bits per heavy atom. The topological polar surface area (TPSA) is 48.3 Å². The van der Waals surface area contributed by atoms with Gasteiger partial charge in [-0.1, -0.05) is 12.1 Å². The number of hydrogen-bond acceptors (Lipinski definition) is 4. The summed E-state index contributed by atoms with van der Waals surface area (Å²) in [6.45, 7) is 7.08. The highest BCUT2D eigenvalue weighted by molar-refractivity contribution is 5.46. The predicted octanol–water partition coefficient (Wildman–Crippen LogP) is 2.39. The van der Waals surface area contributed by atoms with Crippen molar-refractivity contribution in [2.75, 3.05) is 20.3 Å². The summed E-state index contributed by atoms with van der Waals surface area (Å²) in [6, 6.07) is 5.96. The summed E-state index contributed by atoms with van der Waals surface area (Å²) in [7, 11) is 1.67. The molecule has 0 amide bonds. The molecule has 0 aliphatic carbocycles. The molecule has 0 aliphatic heterocycles. The van der Waals surface area contributed by atoms with Crippen molar-refractivity contribution >= 4 is 0 Å². The molecule has 0 unspecified atom stereocenters. The monoisotopic (exact) mass is 289 g/mol. The minimum atomic E-state index is 0.631. The first-order valence-electron chi connectivity index (χ1n) is 7.23. The van der Waals surface area contributed by atoms with Gasteiger partial charge in [0.15, 0.2) is 11.5 Å². The van der Waals surface area contributed by atoms with E-state index < -0.39 is 0 Å². The van der Waals surface area contributed by atoms with Gasteiger partial charge in [-0.3, -0.25) is 4.68 Å². The Hall–Kier alpha value is -2.01. The summed E-state index contributed by atoms with van der Waals surface area (Å²) < 4.78 is 13.0. The van der Waals surface area contributed by atoms with Gasteiger partial charge < -0.3 is 14.8 Å². The van der Waals surface area contributed by atoms with Crippen LogP contribution in [0.3, 0.4) is 0 Å². The summed E-state index contributed by atoms with van der Waals surface area (Å²) in [4.78, 5) is 0. The number of rotatable bonds is 8. The van der Waals surface area contributed by atoms with E-state index >= 15 is 0 Å². The molecule has 114 valence electrons. The molecular formula is C16H23N3O2. The molecule has 0 saturated heterocycles. The third-order valence-electron chi connectivity index (χ3n) is 3.16. The van der Waals surface area contributed by atoms with E-state index in [2.05, 4.69) is 10.4 Å². The first-order valence-corrected chi connectivity index (χ1v) is 7.23. The second-order valence-corrected chi connectivity index (χ2v) is 4.84. The van der Waals surface area contributed by atoms with Crippen LogP contribution in [0.15, 0.2) is 30.6 Å². The van der Waals surface area contributed by atoms with Gasteiger partial charge in [-0.15, -0.1) is 0 Å². The molecule has 2 aromatic rings. The summed E-state index contributed by atoms with van der Waals surface area (Å²) in [5, 5.41) is 7.67. The normalized spacial score (nSPS) is 10.6. The van der Waals surface area contributed by atoms with Crippen LogP contribution in [0, 0.1) is 6.92 Å². The molecule has 2 rings (SSSR count). The van der Waals surface area contributed by atoms with Crippen molar-refractivity contribution in [1.82, 2.24) is 15.1 Å². The third-order valence-corrected chi connectivity index (χ3v) is 3.16. The summed E-state index contributed by atoms with van der Waals surface area (Å²) in [5.41, 5.74) is 2.28. The van der Waals surface area contributed by atoms with Crippen molar-refractivity contribution in [2.45, 2.75) is 26.9 Å². The molecular weight excluding hydrogens is 266 g/mol. The standard InChI is InChI=1S/C16H23N3O2/c1-4-21-15-7-5-6-14(16(15)20-3)11-17-8-9-19-12-13(2)10-18-19/h5-7,10,12,17H,4,8-9,11H2,1-3H3. The Kier molecular flexibility index (Phi) is 5.63. The summed E-state index contributed by atoms with van der Waals surface area (Å²) >= 11 is 0. The molecule has 0 bridgehead atoms. The van der Waals surface area contributed by atoms with Gasteiger partial charge >= 0.3 is 0 Å². The first kappa shape index (κ1) is 15.4. The van der Waals surface area contributed by atoms with Gasteiger partial charge in [-0.2, -0.15) is 5.10 Å². The molecule has 1 N–H and O–H groups in total. The molecule has 5 nitrogen and oxygen atoms in total. The van der Waals surface area contributed by atoms with E-state index in [0.29, 0.717) is 6.61 Å². The molecule has 0 atom stereocenters. The third kappa shape index (κ3) is 4.23. The minimum Gasteiger partial charge on any atom is -0.493 e. The second-order valence-electron chi connectivity index (χ2n) is 4.84. The van der Waals surface area contributed by atoms with E-state index in [1.165, 1.54) is 5.56 Å². The zero-order valence-corrected chi connectivity index (χ0v) is 12.9. The lowest BCUT2D eigenvalue weighted by molar-refractivity contribution is 0.308. The zero-order valence-electron chi connectivity index (χ0n) is 12.9. The van der Waals surface area contributed by atoms with Crippen LogP contribution in [0.25, 0.3) is 0 Å². The Bertz CT molecular complexity index is 566. The highest BCUT2D eigenvalue weighted by atomic mass is 16.5. The Morgan fingerprint density at radius 2 is 2.19 bits per heavy atom. The van der Waals surface area contributed by atoms with Crippen LogP contribution in [0.2, 0.25) is 0 Å². The van der Waals surface area contributed by atoms with E-state index in [-0.39, 0.29) is 0 Å². The Morgan fingerprint density at radius 3 is 2.86 bits per heavy atom. The molecule has 0 fully saturated rings. The number of aryl methyl sites for hydroxylation is 1. The number of aromatic nitrogens is 2. The number of para-hydroxylation sites is 1. The van der Waals surface area contributed by atoms with Gasteiger partial charge in [0, 0.05) is 24.8 Å². The lowest BCUT2D eigenvalue weighted by Gasteiger charge is -2.14. The van der Waals surface area contributed by atoms with Gasteiger partial charge in [-0.05, 0) is 25.5 Å². The first-order chi connectivity index (χ1) is 10.2. The van der Waals surface area contributed by atoms with Gasteiger partial charge in [0.05, 0.1) is 26.5 Å². The minimum absolute atomic E-state index is 0.631. The fraction of sp³-hybridized carbons (Fsp3) is 0.438. The van der Waals surface area contributed by atoms with E-state index in [1.54, 1.807) is 7.11 Å². The molecule has 0 aliphatic rings. The number of nitrogens with zero attached hydrogens (tertiary/aromatic N) is 2. The van der Waals surface area contributed by atoms with Crippen molar-refractivity contribution in [2.24, 2.45) is 0 Å². The van der Waals surface area contributed by atoms with Crippen LogP contribution in [-0.4, -0.2) is 30.0 Å². The molecule has 21 heavy (non-hydrogen) atoms. The number of ether oxygens (including phenoxy) is 2. The van der Waals surface area contributed by atoms with Crippen LogP contribution in [0.1, 0.15) is 18.1 Å². The maximum Gasteiger partial charge on any atom is 0.165 e. The number of hydrogen-bond donors (Lipinski definition) is 1. The maximum atomic E-state index is 5.58. The number of benzene rings is 1. The summed E-state index contributed by atoms with van der Waals surface area (Å²) in [5.74, 6) is 1.60. The molecule has 0 saturated carbocycles. The molecule has 0 radical (unpaired) electrons. The second kappa shape index (κ2) is 7.69. The van der Waals surface area contributed by atoms with Crippen LogP contribution in [0.4, 0.5) is 0 Å². The molecule has 1 heterocycles. The van der Waals surface area contributed by atoms with Crippen molar-refractivity contribution in [3.8, 4) is 11.5 Å². The van der Waals surface area contributed by atoms with Gasteiger partial charge in [0.25, 0.3) is 0 Å². The van der Waals surface area contributed by atoms with Crippen molar-refractivity contribution in [3.05, 3.63) is 41.7 Å². The SMILES string of the molecule is CCOc1cccc(CNCCn2cc(C)cn2)c1OC. The van der Waals surface area contributed by atoms with Gasteiger partial charge in [0.1, 0.15) is 0 Å². The zero-order chi connectivity index (χ0) is 15.1. The fourth-order valence-corrected chi connectivity index (χ4v) is 2.21. The highest BCUT2D eigenvalue weighted by Gasteiger charge is 2.09. The number of methoxy groups -OCH3 is 1. The molecule has 0 spiro atoms. The maximum absolute atomic E-state index is 5.58. The predicted molar refractivity (Wildman–Crippen MR) is 82.8 cm³/mol. The molecule has 1 aromatic heterocycles. The fourth-order valence-electron chi connectivity index (χ4n) is 2.21. The van der Waals surface area contributed by atoms with Crippen LogP contribution in [-0.2, 0) is 13.1 Å². The summed E-state index contributed by atoms with van der Waals surface area (Å²) in [6.07, 6.45) is 3.91. The van der Waals surface area contributed by atoms with Crippen molar-refractivity contribution in [1.29, 1.82) is 0 Å². The van der Waals surface area contributed by atoms with Crippen LogP contribution >= 0.6 is 0 Å². The van der Waals surface area contributed by atoms with Crippen molar-refractivity contribution < 1.29 is 9.47 Å². The highest BCUT2D eigenvalue weighted by Crippen LogP contribution is 2.30. The van der Waals surface area contributed by atoms with Crippen LogP contribution < -0.4 is 14.8 Å². The largest absolute Gasteiger partial charge is 0.493 e. The molecule has 1 aromatic carbocycles. The average Bonchev–Trinajstić information content (AvgIpc) is 2.90. The Labute approximate surface area is 125 Å². The Balaban J connectivity index is 1.89. The van der Waals surface area contributed by atoms with Gasteiger partial charge in [-0.25, -0.2) is 0 Å². The van der Waals surface area contributed by atoms with Crippen LogP contribution in [0.5, 0.6) is 11.5 Å². The van der Waals surface area contributed by atoms with Crippen molar-refractivity contribution in [3.63, 3.8) is 0 Å². The molecule has 5 heteroatoms. The van der Waals surface area contributed by atoms with E-state index in [9.17, 15) is 0 Å². The lowest BCUT2D eigenvalue weighted by atomic mass is 10.2.